The molecule has 0 saturated carbocycles. The lowest BCUT2D eigenvalue weighted by atomic mass is 9.98. The maximum atomic E-state index is 13.0. The van der Waals surface area contributed by atoms with Gasteiger partial charge in [0.15, 0.2) is 5.71 Å². The molecule has 0 fully saturated rings. The Kier molecular flexibility index (Phi) is 10.7. The SMILES string of the molecule is CCOCc1cc(OC)c(-c2ccc(C[C@H](NC(=O)C(=NOC)c3cccs3)C(=O)OC)cc2)c(OC)c1. The van der Waals surface area contributed by atoms with Crippen LogP contribution < -0.4 is 14.8 Å². The standard InChI is InChI=1S/C28H32N2O7S/c1-6-37-17-19-15-22(33-2)25(23(16-19)34-3)20-11-9-18(10-12-20)14-21(28(32)35-4)29-27(31)26(30-36-5)24-8-7-13-38-24/h7-13,15-16,21H,6,14,17H2,1-5H3,(H,29,31)/t21-/m0/s1. The van der Waals surface area contributed by atoms with E-state index in [1.54, 1.807) is 26.4 Å². The molecular formula is C28H32N2O7S. The number of carbonyl (C=O) groups is 2. The number of thiophene rings is 1. The number of methoxy groups -OCH3 is 3. The molecule has 0 saturated heterocycles. The number of hydrogen-bond acceptors (Lipinski definition) is 9. The van der Waals surface area contributed by atoms with Crippen molar-refractivity contribution in [2.24, 2.45) is 5.16 Å². The summed E-state index contributed by atoms with van der Waals surface area (Å²) in [6.07, 6.45) is 0.213. The van der Waals surface area contributed by atoms with Crippen LogP contribution in [0.1, 0.15) is 22.9 Å². The lowest BCUT2D eigenvalue weighted by molar-refractivity contribution is -0.144. The quantitative estimate of drug-likeness (QED) is 0.197. The van der Waals surface area contributed by atoms with Gasteiger partial charge in [-0.15, -0.1) is 11.3 Å². The highest BCUT2D eigenvalue weighted by Gasteiger charge is 2.26. The van der Waals surface area contributed by atoms with E-state index in [0.29, 0.717) is 29.6 Å². The van der Waals surface area contributed by atoms with Gasteiger partial charge in [-0.2, -0.15) is 0 Å². The molecule has 3 rings (SSSR count). The summed E-state index contributed by atoms with van der Waals surface area (Å²) in [5.74, 6) is 0.205. The fourth-order valence-electron chi connectivity index (χ4n) is 3.86. The highest BCUT2D eigenvalue weighted by molar-refractivity contribution is 7.13. The van der Waals surface area contributed by atoms with E-state index in [-0.39, 0.29) is 12.1 Å². The highest BCUT2D eigenvalue weighted by atomic mass is 32.1. The molecule has 1 heterocycles. The van der Waals surface area contributed by atoms with Crippen LogP contribution in [0.15, 0.2) is 59.1 Å². The smallest absolute Gasteiger partial charge is 0.328 e. The number of amides is 1. The molecule has 202 valence electrons. The van der Waals surface area contributed by atoms with Crippen LogP contribution in [0.3, 0.4) is 0 Å². The van der Waals surface area contributed by atoms with E-state index in [1.807, 2.05) is 48.7 Å². The molecule has 10 heteroatoms. The Hall–Kier alpha value is -3.89. The second-order valence-electron chi connectivity index (χ2n) is 8.06. The van der Waals surface area contributed by atoms with Gasteiger partial charge in [0.25, 0.3) is 5.91 Å². The van der Waals surface area contributed by atoms with Gasteiger partial charge in [0.2, 0.25) is 0 Å². The topological polar surface area (TPSA) is 105 Å². The number of rotatable bonds is 13. The zero-order chi connectivity index (χ0) is 27.5. The maximum Gasteiger partial charge on any atom is 0.328 e. The van der Waals surface area contributed by atoms with Gasteiger partial charge in [-0.05, 0) is 47.2 Å². The molecule has 0 radical (unpaired) electrons. The van der Waals surface area contributed by atoms with Crippen LogP contribution in [-0.2, 0) is 36.9 Å². The first kappa shape index (κ1) is 28.7. The van der Waals surface area contributed by atoms with Gasteiger partial charge < -0.3 is 29.1 Å². The van der Waals surface area contributed by atoms with Crippen molar-refractivity contribution in [3.63, 3.8) is 0 Å². The van der Waals surface area contributed by atoms with E-state index in [2.05, 4.69) is 10.5 Å². The third-order valence-electron chi connectivity index (χ3n) is 5.66. The van der Waals surface area contributed by atoms with Crippen LogP contribution >= 0.6 is 11.3 Å². The summed E-state index contributed by atoms with van der Waals surface area (Å²) in [4.78, 5) is 31.0. The first-order valence-electron chi connectivity index (χ1n) is 11.9. The van der Waals surface area contributed by atoms with Crippen LogP contribution in [0, 0.1) is 0 Å². The van der Waals surface area contributed by atoms with Crippen LogP contribution in [-0.4, -0.2) is 58.7 Å². The number of benzene rings is 2. The van der Waals surface area contributed by atoms with Crippen molar-refractivity contribution in [3.05, 3.63) is 69.9 Å². The first-order valence-corrected chi connectivity index (χ1v) is 12.8. The van der Waals surface area contributed by atoms with Crippen LogP contribution in [0.5, 0.6) is 11.5 Å². The minimum Gasteiger partial charge on any atom is -0.496 e. The zero-order valence-electron chi connectivity index (χ0n) is 22.1. The fraction of sp³-hybridized carbons (Fsp3) is 0.321. The van der Waals surface area contributed by atoms with Gasteiger partial charge in [0.1, 0.15) is 24.7 Å². The van der Waals surface area contributed by atoms with Crippen LogP contribution in [0.25, 0.3) is 11.1 Å². The maximum absolute atomic E-state index is 13.0. The number of esters is 1. The van der Waals surface area contributed by atoms with Crippen molar-refractivity contribution in [1.82, 2.24) is 5.32 Å². The van der Waals surface area contributed by atoms with Crippen molar-refractivity contribution < 1.29 is 33.4 Å². The molecule has 0 aliphatic carbocycles. The molecule has 0 unspecified atom stereocenters. The molecule has 2 aromatic carbocycles. The lowest BCUT2D eigenvalue weighted by Crippen LogP contribution is -2.46. The Bertz CT molecular complexity index is 1220. The summed E-state index contributed by atoms with van der Waals surface area (Å²) < 4.78 is 21.8. The lowest BCUT2D eigenvalue weighted by Gasteiger charge is -2.18. The molecule has 1 atom stereocenters. The van der Waals surface area contributed by atoms with Crippen molar-refractivity contribution in [2.75, 3.05) is 35.0 Å². The summed E-state index contributed by atoms with van der Waals surface area (Å²) in [6, 6.07) is 14.1. The molecule has 1 aromatic heterocycles. The van der Waals surface area contributed by atoms with Crippen molar-refractivity contribution in [2.45, 2.75) is 26.0 Å². The van der Waals surface area contributed by atoms with Crippen LogP contribution in [0.2, 0.25) is 0 Å². The first-order chi connectivity index (χ1) is 18.4. The Morgan fingerprint density at radius 3 is 2.18 bits per heavy atom. The van der Waals surface area contributed by atoms with Gasteiger partial charge in [-0.1, -0.05) is 35.5 Å². The molecule has 38 heavy (non-hydrogen) atoms. The third kappa shape index (κ3) is 7.11. The molecule has 9 nitrogen and oxygen atoms in total. The predicted molar refractivity (Wildman–Crippen MR) is 146 cm³/mol. The number of nitrogens with one attached hydrogen (secondary N) is 1. The van der Waals surface area contributed by atoms with Gasteiger partial charge in [-0.3, -0.25) is 4.79 Å². The van der Waals surface area contributed by atoms with E-state index in [1.165, 1.54) is 25.6 Å². The summed E-state index contributed by atoms with van der Waals surface area (Å²) in [5, 5.41) is 8.39. The van der Waals surface area contributed by atoms with E-state index in [9.17, 15) is 9.59 Å². The highest BCUT2D eigenvalue weighted by Crippen LogP contribution is 2.40. The molecule has 1 amide bonds. The van der Waals surface area contributed by atoms with E-state index >= 15 is 0 Å². The molecule has 1 N–H and O–H groups in total. The zero-order valence-corrected chi connectivity index (χ0v) is 22.9. The summed E-state index contributed by atoms with van der Waals surface area (Å²) >= 11 is 1.34. The van der Waals surface area contributed by atoms with Gasteiger partial charge in [0.05, 0.1) is 38.4 Å². The van der Waals surface area contributed by atoms with Gasteiger partial charge >= 0.3 is 5.97 Å². The van der Waals surface area contributed by atoms with Crippen molar-refractivity contribution >= 4 is 28.9 Å². The predicted octanol–water partition coefficient (Wildman–Crippen LogP) is 4.22. The summed E-state index contributed by atoms with van der Waals surface area (Å²) in [7, 11) is 5.86. The molecule has 0 aliphatic rings. The largest absolute Gasteiger partial charge is 0.496 e. The normalized spacial score (nSPS) is 12.0. The molecule has 0 aliphatic heterocycles. The molecule has 0 spiro atoms. The Morgan fingerprint density at radius 2 is 1.66 bits per heavy atom. The minimum atomic E-state index is -0.928. The Morgan fingerprint density at radius 1 is 0.974 bits per heavy atom. The fourth-order valence-corrected chi connectivity index (χ4v) is 4.56. The van der Waals surface area contributed by atoms with Gasteiger partial charge in [-0.25, -0.2) is 4.79 Å². The van der Waals surface area contributed by atoms with E-state index in [4.69, 9.17) is 23.8 Å². The minimum absolute atomic E-state index is 0.0822. The number of oxime groups is 1. The van der Waals surface area contributed by atoms with Gasteiger partial charge in [0, 0.05) is 13.0 Å². The monoisotopic (exact) mass is 540 g/mol. The van der Waals surface area contributed by atoms with Crippen molar-refractivity contribution in [1.29, 1.82) is 0 Å². The summed E-state index contributed by atoms with van der Waals surface area (Å²) in [5.41, 5.74) is 3.51. The second-order valence-corrected chi connectivity index (χ2v) is 9.01. The summed E-state index contributed by atoms with van der Waals surface area (Å²) in [6.45, 7) is 3.00. The van der Waals surface area contributed by atoms with E-state index < -0.39 is 17.9 Å². The van der Waals surface area contributed by atoms with Crippen molar-refractivity contribution in [3.8, 4) is 22.6 Å². The molecular weight excluding hydrogens is 508 g/mol. The number of carbonyl (C=O) groups excluding carboxylic acids is 2. The second kappa shape index (κ2) is 14.2. The average molecular weight is 541 g/mol. The molecule has 0 bridgehead atoms. The Balaban J connectivity index is 1.84. The number of ether oxygens (including phenoxy) is 4. The third-order valence-corrected chi connectivity index (χ3v) is 6.54. The van der Waals surface area contributed by atoms with E-state index in [0.717, 1.165) is 22.3 Å². The number of hydrogen-bond donors (Lipinski definition) is 1. The molecule has 3 aromatic rings. The van der Waals surface area contributed by atoms with Crippen LogP contribution in [0.4, 0.5) is 0 Å². The average Bonchev–Trinajstić information content (AvgIpc) is 3.48. The Labute approximate surface area is 226 Å². The number of nitrogens with zero attached hydrogens (tertiary/aromatic N) is 1.